The molecule has 0 saturated heterocycles. The Morgan fingerprint density at radius 2 is 2.00 bits per heavy atom. The smallest absolute Gasteiger partial charge is 0.328 e. The van der Waals surface area contributed by atoms with Crippen molar-refractivity contribution in [1.29, 1.82) is 0 Å². The number of rotatable bonds is 3. The van der Waals surface area contributed by atoms with E-state index in [1.165, 1.54) is 22.7 Å². The fourth-order valence-corrected chi connectivity index (χ4v) is 2.13. The monoisotopic (exact) mass is 299 g/mol. The molecule has 22 heavy (non-hydrogen) atoms. The average Bonchev–Trinajstić information content (AvgIpc) is 2.99. The third kappa shape index (κ3) is 2.14. The van der Waals surface area contributed by atoms with Gasteiger partial charge in [0.1, 0.15) is 12.4 Å². The van der Waals surface area contributed by atoms with E-state index in [-0.39, 0.29) is 5.52 Å². The Bertz CT molecular complexity index is 884. The van der Waals surface area contributed by atoms with Crippen molar-refractivity contribution in [3.8, 4) is 5.69 Å². The highest BCUT2D eigenvalue weighted by Gasteiger charge is 2.20. The van der Waals surface area contributed by atoms with Crippen LogP contribution >= 0.6 is 0 Å². The van der Waals surface area contributed by atoms with Crippen LogP contribution in [0.2, 0.25) is 0 Å². The minimum Gasteiger partial charge on any atom is -0.467 e. The molecule has 0 saturated carbocycles. The Morgan fingerprint density at radius 1 is 1.27 bits per heavy atom. The van der Waals surface area contributed by atoms with E-state index >= 15 is 0 Å². The first kappa shape index (κ1) is 13.9. The molecule has 0 radical (unpaired) electrons. The summed E-state index contributed by atoms with van der Waals surface area (Å²) in [6.45, 7) is 1.56. The van der Waals surface area contributed by atoms with Gasteiger partial charge < -0.3 is 4.74 Å². The van der Waals surface area contributed by atoms with Gasteiger partial charge in [0.15, 0.2) is 11.2 Å². The Morgan fingerprint density at radius 3 is 2.68 bits per heavy atom. The van der Waals surface area contributed by atoms with Gasteiger partial charge in [0.25, 0.3) is 5.56 Å². The Labute approximate surface area is 125 Å². The van der Waals surface area contributed by atoms with Crippen LogP contribution in [-0.4, -0.2) is 37.6 Å². The van der Waals surface area contributed by atoms with Gasteiger partial charge in [0, 0.05) is 0 Å². The highest BCUT2D eigenvalue weighted by molar-refractivity contribution is 5.75. The molecule has 2 heterocycles. The van der Waals surface area contributed by atoms with Crippen LogP contribution in [-0.2, 0) is 9.53 Å². The van der Waals surface area contributed by atoms with Gasteiger partial charge in [-0.2, -0.15) is 4.68 Å². The summed E-state index contributed by atoms with van der Waals surface area (Å²) in [5.41, 5.74) is 0.743. The molecular weight excluding hydrogens is 286 g/mol. The maximum Gasteiger partial charge on any atom is 0.328 e. The van der Waals surface area contributed by atoms with Crippen molar-refractivity contribution in [2.75, 3.05) is 7.11 Å². The molecule has 0 bridgehead atoms. The van der Waals surface area contributed by atoms with Crippen molar-refractivity contribution in [2.45, 2.75) is 13.0 Å². The Hall–Kier alpha value is -3.03. The summed E-state index contributed by atoms with van der Waals surface area (Å²) >= 11 is 0. The van der Waals surface area contributed by atoms with Gasteiger partial charge in [-0.05, 0) is 19.1 Å². The third-order valence-electron chi connectivity index (χ3n) is 3.35. The summed E-state index contributed by atoms with van der Waals surface area (Å²) in [4.78, 5) is 28.2. The molecule has 112 valence electrons. The van der Waals surface area contributed by atoms with Crippen molar-refractivity contribution in [1.82, 2.24) is 24.5 Å². The zero-order valence-electron chi connectivity index (χ0n) is 12.0. The van der Waals surface area contributed by atoms with Crippen LogP contribution in [0, 0.1) is 0 Å². The molecule has 1 aromatic carbocycles. The van der Waals surface area contributed by atoms with Gasteiger partial charge in [-0.15, -0.1) is 5.10 Å². The normalized spacial score (nSPS) is 12.3. The highest BCUT2D eigenvalue weighted by Crippen LogP contribution is 2.12. The predicted molar refractivity (Wildman–Crippen MR) is 77.6 cm³/mol. The van der Waals surface area contributed by atoms with E-state index in [9.17, 15) is 9.59 Å². The molecule has 0 aliphatic heterocycles. The highest BCUT2D eigenvalue weighted by atomic mass is 16.5. The van der Waals surface area contributed by atoms with E-state index in [4.69, 9.17) is 0 Å². The van der Waals surface area contributed by atoms with Gasteiger partial charge >= 0.3 is 5.97 Å². The summed E-state index contributed by atoms with van der Waals surface area (Å²) in [5, 5.41) is 7.85. The van der Waals surface area contributed by atoms with Crippen molar-refractivity contribution in [3.63, 3.8) is 0 Å². The second kappa shape index (κ2) is 5.40. The molecule has 0 aliphatic rings. The van der Waals surface area contributed by atoms with E-state index in [0.717, 1.165) is 5.69 Å². The fourth-order valence-electron chi connectivity index (χ4n) is 2.13. The minimum absolute atomic E-state index is 0.0992. The molecule has 0 amide bonds. The quantitative estimate of drug-likeness (QED) is 0.661. The lowest BCUT2D eigenvalue weighted by atomic mass is 10.3. The van der Waals surface area contributed by atoms with Gasteiger partial charge in [0.05, 0.1) is 12.8 Å². The summed E-state index contributed by atoms with van der Waals surface area (Å²) < 4.78 is 7.30. The lowest BCUT2D eigenvalue weighted by Gasteiger charge is -2.11. The first-order chi connectivity index (χ1) is 10.6. The zero-order chi connectivity index (χ0) is 15.7. The van der Waals surface area contributed by atoms with E-state index < -0.39 is 17.6 Å². The van der Waals surface area contributed by atoms with E-state index in [2.05, 4.69) is 20.0 Å². The number of carbonyl (C=O) groups excluding carboxylic acids is 1. The number of fused-ring (bicyclic) bond motifs is 1. The Kier molecular flexibility index (Phi) is 3.42. The number of aromatic nitrogens is 5. The van der Waals surface area contributed by atoms with Crippen LogP contribution in [0.1, 0.15) is 13.0 Å². The van der Waals surface area contributed by atoms with Crippen LogP contribution in [0.15, 0.2) is 41.5 Å². The number of ether oxygens (including phenoxy) is 1. The molecule has 3 rings (SSSR count). The summed E-state index contributed by atoms with van der Waals surface area (Å²) in [6.07, 6.45) is 1.30. The Balaban J connectivity index is 2.15. The van der Waals surface area contributed by atoms with Crippen molar-refractivity contribution in [3.05, 3.63) is 47.0 Å². The zero-order valence-corrected chi connectivity index (χ0v) is 12.0. The summed E-state index contributed by atoms with van der Waals surface area (Å²) in [6, 6.07) is 8.46. The topological polar surface area (TPSA) is 91.9 Å². The predicted octanol–water partition coefficient (Wildman–Crippen LogP) is 0.711. The SMILES string of the molecule is COC(=O)[C@@H](C)n1cnc2c(nnn2-c2ccccc2)c1=O. The molecule has 0 unspecified atom stereocenters. The maximum absolute atomic E-state index is 12.4. The van der Waals surface area contributed by atoms with E-state index in [1.807, 2.05) is 30.3 Å². The largest absolute Gasteiger partial charge is 0.467 e. The lowest BCUT2D eigenvalue weighted by molar-refractivity contribution is -0.144. The fraction of sp³-hybridized carbons (Fsp3) is 0.214. The van der Waals surface area contributed by atoms with Crippen LogP contribution in [0.4, 0.5) is 0 Å². The maximum atomic E-state index is 12.4. The first-order valence-corrected chi connectivity index (χ1v) is 6.59. The van der Waals surface area contributed by atoms with Crippen molar-refractivity contribution < 1.29 is 9.53 Å². The van der Waals surface area contributed by atoms with Crippen molar-refractivity contribution >= 4 is 17.1 Å². The van der Waals surface area contributed by atoms with Crippen LogP contribution in [0.25, 0.3) is 16.9 Å². The average molecular weight is 299 g/mol. The van der Waals surface area contributed by atoms with E-state index in [0.29, 0.717) is 5.65 Å². The van der Waals surface area contributed by atoms with Crippen molar-refractivity contribution in [2.24, 2.45) is 0 Å². The molecule has 8 nitrogen and oxygen atoms in total. The minimum atomic E-state index is -0.781. The molecule has 0 spiro atoms. The lowest BCUT2D eigenvalue weighted by Crippen LogP contribution is -2.29. The molecule has 0 N–H and O–H groups in total. The van der Waals surface area contributed by atoms with Gasteiger partial charge in [0.2, 0.25) is 0 Å². The van der Waals surface area contributed by atoms with Gasteiger partial charge in [-0.3, -0.25) is 9.36 Å². The molecule has 0 aliphatic carbocycles. The molecule has 0 fully saturated rings. The number of esters is 1. The molecule has 1 atom stereocenters. The molecule has 3 aromatic rings. The summed E-state index contributed by atoms with van der Waals surface area (Å²) in [5.74, 6) is -0.529. The van der Waals surface area contributed by atoms with Crippen LogP contribution in [0.3, 0.4) is 0 Å². The number of methoxy groups -OCH3 is 1. The molecular formula is C14H13N5O3. The number of carbonyl (C=O) groups is 1. The summed E-state index contributed by atoms with van der Waals surface area (Å²) in [7, 11) is 1.27. The van der Waals surface area contributed by atoms with Gasteiger partial charge in [-0.25, -0.2) is 9.78 Å². The second-order valence-corrected chi connectivity index (χ2v) is 4.67. The van der Waals surface area contributed by atoms with Crippen LogP contribution < -0.4 is 5.56 Å². The molecule has 2 aromatic heterocycles. The second-order valence-electron chi connectivity index (χ2n) is 4.67. The van der Waals surface area contributed by atoms with Crippen LogP contribution in [0.5, 0.6) is 0 Å². The van der Waals surface area contributed by atoms with E-state index in [1.54, 1.807) is 6.92 Å². The van der Waals surface area contributed by atoms with Gasteiger partial charge in [-0.1, -0.05) is 23.4 Å². The first-order valence-electron chi connectivity index (χ1n) is 6.59. The molecule has 8 heteroatoms. The third-order valence-corrected chi connectivity index (χ3v) is 3.35. The number of hydrogen-bond donors (Lipinski definition) is 0. The standard InChI is InChI=1S/C14H13N5O3/c1-9(14(21)22-2)18-8-15-12-11(13(18)20)16-17-19(12)10-6-4-3-5-7-10/h3-9H,1-2H3/t9-/m1/s1. The number of hydrogen-bond acceptors (Lipinski definition) is 6. The number of nitrogens with zero attached hydrogens (tertiary/aromatic N) is 5. The number of benzene rings is 1. The number of para-hydroxylation sites is 1.